The largest absolute Gasteiger partial charge is 0.354 e. The predicted molar refractivity (Wildman–Crippen MR) is 122 cm³/mol. The monoisotopic (exact) mass is 489 g/mol. The minimum Gasteiger partial charge on any atom is -0.354 e. The molecule has 3 atom stereocenters. The van der Waals surface area contributed by atoms with E-state index in [0.717, 1.165) is 43.9 Å². The van der Waals surface area contributed by atoms with E-state index in [1.54, 1.807) is 0 Å². The van der Waals surface area contributed by atoms with E-state index in [0.29, 0.717) is 11.3 Å². The highest BCUT2D eigenvalue weighted by Gasteiger charge is 2.26. The van der Waals surface area contributed by atoms with E-state index in [4.69, 9.17) is 0 Å². The van der Waals surface area contributed by atoms with Crippen LogP contribution in [0, 0.1) is 0 Å². The third kappa shape index (κ3) is 5.68. The van der Waals surface area contributed by atoms with E-state index >= 15 is 0 Å². The maximum absolute atomic E-state index is 12.1. The standard InChI is InChI=1S/C20H31N3OS.HI/c1-3-25(24)19-9-5-8-18(13-19)23-20(21-2)22-14-15-10-11-16-6-4-7-17(16)12-15;/h10-12,18-19H,3-9,13-14H2,1-2H3,(H2,21,22,23);1H. The lowest BCUT2D eigenvalue weighted by atomic mass is 9.95. The summed E-state index contributed by atoms with van der Waals surface area (Å²) in [5, 5.41) is 7.33. The molecule has 0 heterocycles. The smallest absolute Gasteiger partial charge is 0.191 e. The second-order valence-corrected chi connectivity index (χ2v) is 9.19. The molecule has 146 valence electrons. The second kappa shape index (κ2) is 10.6. The van der Waals surface area contributed by atoms with Crippen LogP contribution in [0.25, 0.3) is 0 Å². The van der Waals surface area contributed by atoms with Gasteiger partial charge in [-0.15, -0.1) is 24.0 Å². The fraction of sp³-hybridized carbons (Fsp3) is 0.650. The van der Waals surface area contributed by atoms with Gasteiger partial charge in [0.2, 0.25) is 0 Å². The van der Waals surface area contributed by atoms with Crippen LogP contribution in [0.1, 0.15) is 55.7 Å². The normalized spacial score (nSPS) is 23.7. The maximum atomic E-state index is 12.1. The quantitative estimate of drug-likeness (QED) is 0.378. The van der Waals surface area contributed by atoms with Crippen molar-refractivity contribution in [1.29, 1.82) is 0 Å². The van der Waals surface area contributed by atoms with E-state index in [9.17, 15) is 4.21 Å². The number of rotatable bonds is 5. The Bertz CT molecular complexity index is 650. The summed E-state index contributed by atoms with van der Waals surface area (Å²) >= 11 is 0. The van der Waals surface area contributed by atoms with Gasteiger partial charge in [-0.25, -0.2) is 0 Å². The number of nitrogens with one attached hydrogen (secondary N) is 2. The van der Waals surface area contributed by atoms with Crippen LogP contribution in [0.15, 0.2) is 23.2 Å². The van der Waals surface area contributed by atoms with E-state index in [-0.39, 0.29) is 24.0 Å². The molecule has 2 N–H and O–H groups in total. The lowest BCUT2D eigenvalue weighted by molar-refractivity contribution is 0.413. The SMILES string of the molecule is CCS(=O)C1CCCC(NC(=NC)NCc2ccc3c(c2)CCC3)C1.I. The van der Waals surface area contributed by atoms with Gasteiger partial charge in [0, 0.05) is 41.4 Å². The summed E-state index contributed by atoms with van der Waals surface area (Å²) < 4.78 is 12.1. The minimum atomic E-state index is -0.685. The van der Waals surface area contributed by atoms with Crippen molar-refractivity contribution in [2.45, 2.75) is 69.7 Å². The number of halogens is 1. The molecule has 3 unspecified atom stereocenters. The zero-order valence-electron chi connectivity index (χ0n) is 15.9. The zero-order valence-corrected chi connectivity index (χ0v) is 19.1. The van der Waals surface area contributed by atoms with Gasteiger partial charge in [0.1, 0.15) is 0 Å². The number of guanidine groups is 1. The van der Waals surface area contributed by atoms with Crippen LogP contribution in [0.5, 0.6) is 0 Å². The lowest BCUT2D eigenvalue weighted by Crippen LogP contribution is -2.46. The van der Waals surface area contributed by atoms with Crippen molar-refractivity contribution < 1.29 is 4.21 Å². The number of benzene rings is 1. The molecule has 6 heteroatoms. The van der Waals surface area contributed by atoms with Crippen molar-refractivity contribution in [2.75, 3.05) is 12.8 Å². The van der Waals surface area contributed by atoms with Gasteiger partial charge in [-0.3, -0.25) is 9.20 Å². The van der Waals surface area contributed by atoms with E-state index < -0.39 is 10.8 Å². The third-order valence-electron chi connectivity index (χ3n) is 5.47. The molecular weight excluding hydrogens is 457 g/mol. The van der Waals surface area contributed by atoms with Gasteiger partial charge in [-0.2, -0.15) is 0 Å². The van der Waals surface area contributed by atoms with Crippen molar-refractivity contribution in [3.05, 3.63) is 34.9 Å². The van der Waals surface area contributed by atoms with Crippen LogP contribution in [-0.2, 0) is 30.2 Å². The fourth-order valence-electron chi connectivity index (χ4n) is 4.06. The summed E-state index contributed by atoms with van der Waals surface area (Å²) in [6, 6.07) is 7.22. The highest BCUT2D eigenvalue weighted by atomic mass is 127. The molecule has 0 saturated heterocycles. The Morgan fingerprint density at radius 2 is 2.04 bits per heavy atom. The van der Waals surface area contributed by atoms with E-state index in [1.807, 2.05) is 14.0 Å². The summed E-state index contributed by atoms with van der Waals surface area (Å²) in [5.41, 5.74) is 4.35. The Labute approximate surface area is 177 Å². The molecule has 2 aliphatic carbocycles. The average molecular weight is 489 g/mol. The van der Waals surface area contributed by atoms with Gasteiger partial charge in [-0.05, 0) is 55.2 Å². The summed E-state index contributed by atoms with van der Waals surface area (Å²) in [4.78, 5) is 4.38. The Morgan fingerprint density at radius 1 is 1.23 bits per heavy atom. The van der Waals surface area contributed by atoms with Gasteiger partial charge in [0.15, 0.2) is 5.96 Å². The Morgan fingerprint density at radius 3 is 2.81 bits per heavy atom. The molecule has 1 saturated carbocycles. The molecule has 0 amide bonds. The predicted octanol–water partition coefficient (Wildman–Crippen LogP) is 3.54. The molecular formula is C20H32IN3OS. The molecule has 0 bridgehead atoms. The molecule has 0 aromatic heterocycles. The first-order valence-electron chi connectivity index (χ1n) is 9.64. The van der Waals surface area contributed by atoms with Crippen LogP contribution in [0.3, 0.4) is 0 Å². The average Bonchev–Trinajstić information content (AvgIpc) is 3.12. The van der Waals surface area contributed by atoms with Crippen molar-refractivity contribution in [3.8, 4) is 0 Å². The zero-order chi connectivity index (χ0) is 17.6. The van der Waals surface area contributed by atoms with E-state index in [2.05, 4.69) is 33.8 Å². The Hall–Kier alpha value is -0.630. The van der Waals surface area contributed by atoms with Gasteiger partial charge >= 0.3 is 0 Å². The number of fused-ring (bicyclic) bond motifs is 1. The van der Waals surface area contributed by atoms with Crippen LogP contribution in [0.2, 0.25) is 0 Å². The summed E-state index contributed by atoms with van der Waals surface area (Å²) in [5.74, 6) is 1.62. The first kappa shape index (κ1) is 21.7. The molecule has 3 rings (SSSR count). The number of hydrogen-bond acceptors (Lipinski definition) is 2. The molecule has 1 aromatic rings. The molecule has 1 fully saturated rings. The summed E-state index contributed by atoms with van der Waals surface area (Å²) in [6.45, 7) is 2.81. The first-order chi connectivity index (χ1) is 12.2. The van der Waals surface area contributed by atoms with Crippen LogP contribution in [0.4, 0.5) is 0 Å². The number of nitrogens with zero attached hydrogens (tertiary/aromatic N) is 1. The summed E-state index contributed by atoms with van der Waals surface area (Å²) in [6.07, 6.45) is 8.10. The van der Waals surface area contributed by atoms with Crippen molar-refractivity contribution in [3.63, 3.8) is 0 Å². The Balaban J connectivity index is 0.00000243. The Kier molecular flexibility index (Phi) is 8.87. The second-order valence-electron chi connectivity index (χ2n) is 7.18. The fourth-order valence-corrected chi connectivity index (χ4v) is 5.41. The third-order valence-corrected chi connectivity index (χ3v) is 7.21. The molecule has 2 aliphatic rings. The van der Waals surface area contributed by atoms with E-state index in [1.165, 1.54) is 36.0 Å². The van der Waals surface area contributed by atoms with Crippen molar-refractivity contribution >= 4 is 40.7 Å². The minimum absolute atomic E-state index is 0. The number of aryl methyl sites for hydroxylation is 2. The first-order valence-corrected chi connectivity index (χ1v) is 11.0. The molecule has 0 spiro atoms. The maximum Gasteiger partial charge on any atom is 0.191 e. The summed E-state index contributed by atoms with van der Waals surface area (Å²) in [7, 11) is 1.14. The van der Waals surface area contributed by atoms with Crippen molar-refractivity contribution in [1.82, 2.24) is 10.6 Å². The molecule has 0 radical (unpaired) electrons. The van der Waals surface area contributed by atoms with Gasteiger partial charge in [-0.1, -0.05) is 31.5 Å². The molecule has 26 heavy (non-hydrogen) atoms. The van der Waals surface area contributed by atoms with Crippen LogP contribution < -0.4 is 10.6 Å². The highest BCUT2D eigenvalue weighted by molar-refractivity contribution is 14.0. The topological polar surface area (TPSA) is 53.5 Å². The highest BCUT2D eigenvalue weighted by Crippen LogP contribution is 2.24. The number of aliphatic imine (C=N–C) groups is 1. The van der Waals surface area contributed by atoms with Gasteiger partial charge < -0.3 is 10.6 Å². The molecule has 4 nitrogen and oxygen atoms in total. The van der Waals surface area contributed by atoms with Crippen LogP contribution in [-0.4, -0.2) is 34.3 Å². The lowest BCUT2D eigenvalue weighted by Gasteiger charge is -2.30. The number of hydrogen-bond donors (Lipinski definition) is 2. The van der Waals surface area contributed by atoms with Gasteiger partial charge in [0.25, 0.3) is 0 Å². The molecule has 0 aliphatic heterocycles. The van der Waals surface area contributed by atoms with Gasteiger partial charge in [0.05, 0.1) is 0 Å². The van der Waals surface area contributed by atoms with Crippen LogP contribution >= 0.6 is 24.0 Å². The molecule has 1 aromatic carbocycles. The van der Waals surface area contributed by atoms with Crippen molar-refractivity contribution in [2.24, 2.45) is 4.99 Å².